The molecule has 0 radical (unpaired) electrons. The van der Waals surface area contributed by atoms with Crippen molar-refractivity contribution in [3.05, 3.63) is 58.9 Å². The molecule has 0 N–H and O–H groups in total. The minimum atomic E-state index is 0.276. The van der Waals surface area contributed by atoms with Crippen molar-refractivity contribution < 1.29 is 4.79 Å². The van der Waals surface area contributed by atoms with E-state index in [2.05, 4.69) is 33.9 Å². The Morgan fingerprint density at radius 2 is 1.92 bits per heavy atom. The third-order valence-electron chi connectivity index (χ3n) is 5.28. The molecule has 24 heavy (non-hydrogen) atoms. The number of rotatable bonds is 6. The molecule has 3 nitrogen and oxygen atoms in total. The maximum absolute atomic E-state index is 12.8. The van der Waals surface area contributed by atoms with Crippen LogP contribution in [0.3, 0.4) is 0 Å². The molecule has 0 spiro atoms. The molecule has 0 aliphatic heterocycles. The topological polar surface area (TPSA) is 25.2 Å². The number of amides is 1. The molecule has 4 rings (SSSR count). The number of carbonyl (C=O) groups excluding carboxylic acids is 1. The lowest BCUT2D eigenvalue weighted by Crippen LogP contribution is -2.40. The van der Waals surface area contributed by atoms with Gasteiger partial charge in [-0.3, -0.25) is 4.79 Å². The zero-order valence-electron chi connectivity index (χ0n) is 13.8. The lowest BCUT2D eigenvalue weighted by Gasteiger charge is -2.32. The smallest absolute Gasteiger partial charge is 0.226 e. The highest BCUT2D eigenvalue weighted by Crippen LogP contribution is 2.35. The Hall–Kier alpha value is -1.74. The van der Waals surface area contributed by atoms with Crippen molar-refractivity contribution in [3.63, 3.8) is 0 Å². The van der Waals surface area contributed by atoms with Gasteiger partial charge in [-0.05, 0) is 49.4 Å². The summed E-state index contributed by atoms with van der Waals surface area (Å²) in [7, 11) is 0. The van der Waals surface area contributed by atoms with Crippen LogP contribution in [0.1, 0.15) is 43.4 Å². The molecule has 126 valence electrons. The summed E-state index contributed by atoms with van der Waals surface area (Å²) >= 11 is 6.30. The van der Waals surface area contributed by atoms with Gasteiger partial charge in [0.2, 0.25) is 5.91 Å². The summed E-state index contributed by atoms with van der Waals surface area (Å²) in [6, 6.07) is 12.6. The monoisotopic (exact) mass is 342 g/mol. The molecule has 1 heterocycles. The van der Waals surface area contributed by atoms with Crippen LogP contribution in [0.25, 0.3) is 0 Å². The molecule has 2 saturated carbocycles. The zero-order valence-corrected chi connectivity index (χ0v) is 14.6. The summed E-state index contributed by atoms with van der Waals surface area (Å²) in [5.41, 5.74) is 2.30. The summed E-state index contributed by atoms with van der Waals surface area (Å²) in [5, 5.41) is 0.793. The number of nitrogens with zero attached hydrogens (tertiary/aromatic N) is 2. The van der Waals surface area contributed by atoms with E-state index in [4.69, 9.17) is 11.6 Å². The van der Waals surface area contributed by atoms with Crippen molar-refractivity contribution in [2.45, 2.75) is 51.2 Å². The third kappa shape index (κ3) is 3.23. The van der Waals surface area contributed by atoms with Crippen LogP contribution in [0.5, 0.6) is 0 Å². The van der Waals surface area contributed by atoms with Crippen molar-refractivity contribution in [3.8, 4) is 0 Å². The number of benzene rings is 1. The Bertz CT molecular complexity index is 731. The second-order valence-electron chi connectivity index (χ2n) is 7.04. The van der Waals surface area contributed by atoms with Gasteiger partial charge >= 0.3 is 0 Å². The number of hydrogen-bond donors (Lipinski definition) is 0. The molecule has 0 unspecified atom stereocenters. The number of hydrogen-bond acceptors (Lipinski definition) is 1. The standard InChI is InChI=1S/C20H23ClN2O/c21-19-9-2-1-5-16(19)13-22-12-4-8-18(22)14-23(17-10-11-17)20(24)15-6-3-7-15/h1-2,4-5,8-9,12,15,17H,3,6-7,10-11,13-14H2. The molecule has 0 bridgehead atoms. The lowest BCUT2D eigenvalue weighted by molar-refractivity contribution is -0.139. The third-order valence-corrected chi connectivity index (χ3v) is 5.65. The van der Waals surface area contributed by atoms with Crippen molar-refractivity contribution in [2.24, 2.45) is 5.92 Å². The Kier molecular flexibility index (Phi) is 4.36. The maximum atomic E-state index is 12.8. The van der Waals surface area contributed by atoms with Crippen molar-refractivity contribution >= 4 is 17.5 Å². The first-order valence-electron chi connectivity index (χ1n) is 8.90. The Morgan fingerprint density at radius 1 is 1.12 bits per heavy atom. The van der Waals surface area contributed by atoms with Gasteiger partial charge in [0.15, 0.2) is 0 Å². The Morgan fingerprint density at radius 3 is 2.58 bits per heavy atom. The minimum Gasteiger partial charge on any atom is -0.345 e. The zero-order chi connectivity index (χ0) is 16.5. The summed E-state index contributed by atoms with van der Waals surface area (Å²) in [5.74, 6) is 0.645. The summed E-state index contributed by atoms with van der Waals surface area (Å²) < 4.78 is 2.21. The van der Waals surface area contributed by atoms with E-state index in [-0.39, 0.29) is 5.92 Å². The molecule has 2 fully saturated rings. The van der Waals surface area contributed by atoms with E-state index in [9.17, 15) is 4.79 Å². The number of halogens is 1. The first-order chi connectivity index (χ1) is 11.7. The van der Waals surface area contributed by atoms with Crippen LogP contribution >= 0.6 is 11.6 Å². The van der Waals surface area contributed by atoms with Gasteiger partial charge in [0.05, 0.1) is 6.54 Å². The highest BCUT2D eigenvalue weighted by molar-refractivity contribution is 6.31. The van der Waals surface area contributed by atoms with Crippen LogP contribution < -0.4 is 0 Å². The quantitative estimate of drug-likeness (QED) is 0.759. The van der Waals surface area contributed by atoms with E-state index in [1.165, 1.54) is 12.1 Å². The molecule has 2 aliphatic carbocycles. The van der Waals surface area contributed by atoms with Crippen LogP contribution in [0.2, 0.25) is 5.02 Å². The summed E-state index contributed by atoms with van der Waals surface area (Å²) in [6.07, 6.45) is 7.74. The van der Waals surface area contributed by atoms with Crippen LogP contribution in [-0.2, 0) is 17.9 Å². The van der Waals surface area contributed by atoms with E-state index < -0.39 is 0 Å². The molecule has 2 aromatic rings. The molecule has 2 aliphatic rings. The van der Waals surface area contributed by atoms with Crippen LogP contribution in [-0.4, -0.2) is 21.4 Å². The predicted octanol–water partition coefficient (Wildman–Crippen LogP) is 4.48. The summed E-state index contributed by atoms with van der Waals surface area (Å²) in [6.45, 7) is 1.47. The van der Waals surface area contributed by atoms with E-state index in [1.807, 2.05) is 18.2 Å². The molecule has 0 atom stereocenters. The summed E-state index contributed by atoms with van der Waals surface area (Å²) in [4.78, 5) is 14.9. The molecule has 1 aromatic heterocycles. The van der Waals surface area contributed by atoms with E-state index in [0.29, 0.717) is 11.9 Å². The molecule has 0 saturated heterocycles. The first-order valence-corrected chi connectivity index (χ1v) is 9.28. The number of aromatic nitrogens is 1. The van der Waals surface area contributed by atoms with E-state index in [1.54, 1.807) is 0 Å². The van der Waals surface area contributed by atoms with Gasteiger partial charge < -0.3 is 9.47 Å². The highest BCUT2D eigenvalue weighted by Gasteiger charge is 2.37. The highest BCUT2D eigenvalue weighted by atomic mass is 35.5. The Balaban J connectivity index is 1.51. The maximum Gasteiger partial charge on any atom is 0.226 e. The van der Waals surface area contributed by atoms with E-state index in [0.717, 1.165) is 49.4 Å². The molecular formula is C20H23ClN2O. The van der Waals surface area contributed by atoms with Gasteiger partial charge in [0.25, 0.3) is 0 Å². The average Bonchev–Trinajstić information content (AvgIpc) is 3.26. The van der Waals surface area contributed by atoms with Crippen LogP contribution in [0, 0.1) is 5.92 Å². The van der Waals surface area contributed by atoms with E-state index >= 15 is 0 Å². The molecule has 4 heteroatoms. The average molecular weight is 343 g/mol. The minimum absolute atomic E-state index is 0.276. The number of carbonyl (C=O) groups is 1. The van der Waals surface area contributed by atoms with Crippen molar-refractivity contribution in [1.29, 1.82) is 0 Å². The fraction of sp³-hybridized carbons (Fsp3) is 0.450. The predicted molar refractivity (Wildman–Crippen MR) is 95.9 cm³/mol. The fourth-order valence-electron chi connectivity index (χ4n) is 3.39. The van der Waals surface area contributed by atoms with Gasteiger partial charge in [-0.2, -0.15) is 0 Å². The SMILES string of the molecule is O=C(C1CCC1)N(Cc1cccn1Cc1ccccc1Cl)C1CC1. The second kappa shape index (κ2) is 6.64. The van der Waals surface area contributed by atoms with Gasteiger partial charge in [0, 0.05) is 35.4 Å². The first kappa shape index (κ1) is 15.8. The second-order valence-corrected chi connectivity index (χ2v) is 7.45. The van der Waals surface area contributed by atoms with Crippen molar-refractivity contribution in [1.82, 2.24) is 9.47 Å². The van der Waals surface area contributed by atoms with Crippen LogP contribution in [0.4, 0.5) is 0 Å². The lowest BCUT2D eigenvalue weighted by atomic mass is 9.84. The Labute approximate surface area is 148 Å². The van der Waals surface area contributed by atoms with Gasteiger partial charge in [0.1, 0.15) is 0 Å². The van der Waals surface area contributed by atoms with Crippen LogP contribution in [0.15, 0.2) is 42.6 Å². The van der Waals surface area contributed by atoms with Crippen molar-refractivity contribution in [2.75, 3.05) is 0 Å². The fourth-order valence-corrected chi connectivity index (χ4v) is 3.59. The largest absolute Gasteiger partial charge is 0.345 e. The van der Waals surface area contributed by atoms with Gasteiger partial charge in [-0.1, -0.05) is 36.2 Å². The molecule has 1 aromatic carbocycles. The van der Waals surface area contributed by atoms with Gasteiger partial charge in [-0.25, -0.2) is 0 Å². The van der Waals surface area contributed by atoms with Gasteiger partial charge in [-0.15, -0.1) is 0 Å². The molecular weight excluding hydrogens is 320 g/mol. The normalized spacial score (nSPS) is 17.5. The molecule has 1 amide bonds.